The maximum absolute atomic E-state index is 13.2. The van der Waals surface area contributed by atoms with Gasteiger partial charge in [0.25, 0.3) is 10.0 Å². The predicted molar refractivity (Wildman–Crippen MR) is 136 cm³/mol. The van der Waals surface area contributed by atoms with Gasteiger partial charge in [0.2, 0.25) is 0 Å². The zero-order chi connectivity index (χ0) is 25.6. The summed E-state index contributed by atoms with van der Waals surface area (Å²) >= 11 is 1.12. The average molecular weight is 518 g/mol. The van der Waals surface area contributed by atoms with Crippen molar-refractivity contribution >= 4 is 33.2 Å². The van der Waals surface area contributed by atoms with E-state index in [2.05, 4.69) is 4.98 Å². The van der Waals surface area contributed by atoms with Crippen molar-refractivity contribution in [2.75, 3.05) is 6.61 Å². The Morgan fingerprint density at radius 2 is 2.00 bits per heavy atom. The molecule has 0 saturated carbocycles. The van der Waals surface area contributed by atoms with Crippen molar-refractivity contribution in [3.63, 3.8) is 0 Å². The Bertz CT molecular complexity index is 1290. The number of Topliss-reactive ketones (excluding diaryl/α,β-unsaturated/α-hetero) is 1. The summed E-state index contributed by atoms with van der Waals surface area (Å²) in [6.45, 7) is 8.15. The number of amides is 1. The lowest BCUT2D eigenvalue weighted by Gasteiger charge is -2.10. The Balaban J connectivity index is 1.94. The zero-order valence-electron chi connectivity index (χ0n) is 20.4. The van der Waals surface area contributed by atoms with Crippen molar-refractivity contribution in [2.24, 2.45) is 5.92 Å². The van der Waals surface area contributed by atoms with Crippen LogP contribution < -0.4 is 4.72 Å². The van der Waals surface area contributed by atoms with E-state index in [1.54, 1.807) is 41.2 Å². The lowest BCUT2D eigenvalue weighted by atomic mass is 10.0. The van der Waals surface area contributed by atoms with Gasteiger partial charge >= 0.3 is 6.09 Å². The molecule has 0 radical (unpaired) electrons. The first-order valence-corrected chi connectivity index (χ1v) is 13.8. The van der Waals surface area contributed by atoms with Crippen molar-refractivity contribution in [1.29, 1.82) is 0 Å². The molecule has 0 fully saturated rings. The highest BCUT2D eigenvalue weighted by Gasteiger charge is 2.26. The molecular weight excluding hydrogens is 486 g/mol. The van der Waals surface area contributed by atoms with Gasteiger partial charge in [-0.1, -0.05) is 45.4 Å². The van der Waals surface area contributed by atoms with E-state index >= 15 is 0 Å². The Kier molecular flexibility index (Phi) is 8.85. The molecule has 10 heteroatoms. The van der Waals surface area contributed by atoms with Crippen molar-refractivity contribution in [1.82, 2.24) is 14.3 Å². The number of carbonyl (C=O) groups is 2. The molecular formula is C25H31N3O5S2. The van der Waals surface area contributed by atoms with Crippen LogP contribution in [-0.4, -0.2) is 36.5 Å². The normalized spacial score (nSPS) is 11.6. The standard InChI is InChI=1S/C25H31N3O5S2/c1-5-6-12-33-25(30)27-35(31,32)24-22(15-21(34-24)13-17(2)3)19-8-7-9-20(14-19)23(29)16-28-11-10-26-18(28)4/h7-11,14-15,17H,5-6,12-13,16H2,1-4H3,(H,27,30). The number of ketones is 1. The van der Waals surface area contributed by atoms with Gasteiger partial charge in [0.05, 0.1) is 13.2 Å². The molecule has 1 aromatic carbocycles. The Morgan fingerprint density at radius 3 is 2.66 bits per heavy atom. The number of ether oxygens (including phenoxy) is 1. The molecule has 0 aliphatic heterocycles. The quantitative estimate of drug-likeness (QED) is 0.276. The molecule has 2 heterocycles. The topological polar surface area (TPSA) is 107 Å². The SMILES string of the molecule is CCCCOC(=O)NS(=O)(=O)c1sc(CC(C)C)cc1-c1cccc(C(=O)Cn2ccnc2C)c1. The molecule has 0 spiro atoms. The van der Waals surface area contributed by atoms with Crippen molar-refractivity contribution < 1.29 is 22.7 Å². The first-order chi connectivity index (χ1) is 16.6. The van der Waals surface area contributed by atoms with Crippen LogP contribution in [0.3, 0.4) is 0 Å². The van der Waals surface area contributed by atoms with E-state index in [-0.39, 0.29) is 23.1 Å². The van der Waals surface area contributed by atoms with Crippen molar-refractivity contribution in [2.45, 2.75) is 57.7 Å². The highest BCUT2D eigenvalue weighted by molar-refractivity contribution is 7.92. The average Bonchev–Trinajstić information content (AvgIpc) is 3.40. The van der Waals surface area contributed by atoms with E-state index in [1.165, 1.54) is 0 Å². The number of imidazole rings is 1. The molecule has 1 amide bonds. The largest absolute Gasteiger partial charge is 0.449 e. The van der Waals surface area contributed by atoms with Crippen molar-refractivity contribution in [3.8, 4) is 11.1 Å². The number of rotatable bonds is 11. The highest BCUT2D eigenvalue weighted by atomic mass is 32.2. The van der Waals surface area contributed by atoms with Gasteiger partial charge in [-0.05, 0) is 43.4 Å². The third kappa shape index (κ3) is 7.02. The summed E-state index contributed by atoms with van der Waals surface area (Å²) in [5.74, 6) is 0.930. The first kappa shape index (κ1) is 26.6. The Hall–Kier alpha value is -2.98. The fourth-order valence-corrected chi connectivity index (χ4v) is 6.34. The first-order valence-electron chi connectivity index (χ1n) is 11.5. The molecule has 0 aliphatic rings. The molecule has 188 valence electrons. The molecule has 0 saturated heterocycles. The van der Waals surface area contributed by atoms with E-state index in [9.17, 15) is 18.0 Å². The highest BCUT2D eigenvalue weighted by Crippen LogP contribution is 2.36. The van der Waals surface area contributed by atoms with Crippen LogP contribution in [0.4, 0.5) is 4.79 Å². The summed E-state index contributed by atoms with van der Waals surface area (Å²) in [7, 11) is -4.17. The van der Waals surface area contributed by atoms with Gasteiger partial charge < -0.3 is 9.30 Å². The second kappa shape index (κ2) is 11.6. The van der Waals surface area contributed by atoms with Gasteiger partial charge in [0.1, 0.15) is 10.0 Å². The molecule has 1 N–H and O–H groups in total. The molecule has 35 heavy (non-hydrogen) atoms. The number of unbranched alkanes of at least 4 members (excludes halogenated alkanes) is 1. The number of benzene rings is 1. The van der Waals surface area contributed by atoms with E-state index in [4.69, 9.17) is 4.74 Å². The van der Waals surface area contributed by atoms with E-state index in [0.29, 0.717) is 35.4 Å². The van der Waals surface area contributed by atoms with Gasteiger partial charge in [0.15, 0.2) is 5.78 Å². The van der Waals surface area contributed by atoms with Gasteiger partial charge in [0, 0.05) is 28.4 Å². The molecule has 0 aliphatic carbocycles. The van der Waals surface area contributed by atoms with Gasteiger partial charge in [-0.2, -0.15) is 0 Å². The summed E-state index contributed by atoms with van der Waals surface area (Å²) < 4.78 is 35.1. The minimum atomic E-state index is -4.17. The minimum Gasteiger partial charge on any atom is -0.449 e. The summed E-state index contributed by atoms with van der Waals surface area (Å²) in [6.07, 6.45) is 4.54. The summed E-state index contributed by atoms with van der Waals surface area (Å²) in [5.41, 5.74) is 1.50. The minimum absolute atomic E-state index is 0.0237. The third-order valence-corrected chi connectivity index (χ3v) is 8.29. The summed E-state index contributed by atoms with van der Waals surface area (Å²) in [6, 6.07) is 8.71. The molecule has 3 aromatic rings. The van der Waals surface area contributed by atoms with Crippen LogP contribution in [-0.2, 0) is 27.7 Å². The molecule has 8 nitrogen and oxygen atoms in total. The number of aryl methyl sites for hydroxylation is 1. The number of sulfonamides is 1. The lowest BCUT2D eigenvalue weighted by Crippen LogP contribution is -2.31. The summed E-state index contributed by atoms with van der Waals surface area (Å²) in [4.78, 5) is 30.0. The number of thiophene rings is 1. The van der Waals surface area contributed by atoms with Crippen LogP contribution in [0.5, 0.6) is 0 Å². The number of hydrogen-bond donors (Lipinski definition) is 1. The smallest absolute Gasteiger partial charge is 0.421 e. The summed E-state index contributed by atoms with van der Waals surface area (Å²) in [5, 5.41) is 0. The van der Waals surface area contributed by atoms with Gasteiger partial charge in [-0.25, -0.2) is 22.9 Å². The van der Waals surface area contributed by atoms with Crippen LogP contribution in [0.15, 0.2) is 46.9 Å². The number of hydrogen-bond acceptors (Lipinski definition) is 7. The maximum atomic E-state index is 13.2. The fraction of sp³-hybridized carbons (Fsp3) is 0.400. The monoisotopic (exact) mass is 517 g/mol. The van der Waals surface area contributed by atoms with E-state index in [0.717, 1.165) is 28.5 Å². The fourth-order valence-electron chi connectivity index (χ4n) is 3.50. The van der Waals surface area contributed by atoms with Crippen LogP contribution in [0, 0.1) is 12.8 Å². The maximum Gasteiger partial charge on any atom is 0.421 e. The lowest BCUT2D eigenvalue weighted by molar-refractivity contribution is 0.0971. The van der Waals surface area contributed by atoms with Crippen LogP contribution in [0.25, 0.3) is 11.1 Å². The van der Waals surface area contributed by atoms with Crippen LogP contribution in [0.2, 0.25) is 0 Å². The Labute approximate surface area is 210 Å². The third-order valence-electron chi connectivity index (χ3n) is 5.28. The predicted octanol–water partition coefficient (Wildman–Crippen LogP) is 5.22. The molecule has 0 atom stereocenters. The number of nitrogens with zero attached hydrogens (tertiary/aromatic N) is 2. The van der Waals surface area contributed by atoms with Crippen LogP contribution in [0.1, 0.15) is 54.7 Å². The van der Waals surface area contributed by atoms with Crippen molar-refractivity contribution in [3.05, 3.63) is 59.0 Å². The van der Waals surface area contributed by atoms with Crippen LogP contribution >= 0.6 is 11.3 Å². The molecule has 0 bridgehead atoms. The van der Waals surface area contributed by atoms with E-state index < -0.39 is 16.1 Å². The van der Waals surface area contributed by atoms with Gasteiger partial charge in [-0.3, -0.25) is 4.79 Å². The zero-order valence-corrected chi connectivity index (χ0v) is 22.0. The second-order valence-corrected chi connectivity index (χ2v) is 11.7. The molecule has 3 rings (SSSR count). The number of aromatic nitrogens is 2. The van der Waals surface area contributed by atoms with E-state index in [1.807, 2.05) is 38.5 Å². The second-order valence-electron chi connectivity index (χ2n) is 8.71. The number of nitrogens with one attached hydrogen (secondary N) is 1. The molecule has 0 unspecified atom stereocenters. The Morgan fingerprint density at radius 1 is 1.23 bits per heavy atom. The number of carbonyl (C=O) groups excluding carboxylic acids is 2. The van der Waals surface area contributed by atoms with Gasteiger partial charge in [-0.15, -0.1) is 11.3 Å². The molecule has 2 aromatic heterocycles.